The van der Waals surface area contributed by atoms with Crippen LogP contribution in [0.25, 0.3) is 0 Å². The zero-order chi connectivity index (χ0) is 12.3. The van der Waals surface area contributed by atoms with Gasteiger partial charge in [0, 0.05) is 12.1 Å². The number of nitrogens with two attached hydrogens (primary N) is 1. The van der Waals surface area contributed by atoms with E-state index in [2.05, 4.69) is 18.7 Å². The summed E-state index contributed by atoms with van der Waals surface area (Å²) in [6.45, 7) is 6.69. The van der Waals surface area contributed by atoms with Gasteiger partial charge < -0.3 is 15.4 Å². The van der Waals surface area contributed by atoms with E-state index in [-0.39, 0.29) is 24.8 Å². The van der Waals surface area contributed by atoms with Gasteiger partial charge in [0.25, 0.3) is 0 Å². The Morgan fingerprint density at radius 1 is 0.947 bits per heavy atom. The van der Waals surface area contributed by atoms with Crippen molar-refractivity contribution in [3.05, 3.63) is 0 Å². The van der Waals surface area contributed by atoms with Gasteiger partial charge in [0.05, 0.1) is 12.2 Å². The third-order valence-corrected chi connectivity index (χ3v) is 4.20. The zero-order valence-corrected chi connectivity index (χ0v) is 13.8. The minimum atomic E-state index is 0. The smallest absolute Gasteiger partial charge is 0.0579 e. The lowest BCUT2D eigenvalue weighted by Gasteiger charge is -2.40. The molecule has 0 bridgehead atoms. The van der Waals surface area contributed by atoms with Crippen molar-refractivity contribution in [2.75, 3.05) is 13.1 Å². The molecule has 5 heteroatoms. The average Bonchev–Trinajstić information content (AvgIpc) is 2.30. The molecule has 2 rings (SSSR count). The summed E-state index contributed by atoms with van der Waals surface area (Å²) in [5.41, 5.74) is 5.96. The van der Waals surface area contributed by atoms with Crippen LogP contribution in [0.4, 0.5) is 0 Å². The zero-order valence-electron chi connectivity index (χ0n) is 12.2. The highest BCUT2D eigenvalue weighted by molar-refractivity contribution is 5.85. The highest BCUT2D eigenvalue weighted by Gasteiger charge is 2.28. The maximum atomic E-state index is 5.96. The van der Waals surface area contributed by atoms with Crippen molar-refractivity contribution in [3.63, 3.8) is 0 Å². The van der Waals surface area contributed by atoms with Crippen molar-refractivity contribution < 1.29 is 4.74 Å². The van der Waals surface area contributed by atoms with E-state index >= 15 is 0 Å². The summed E-state index contributed by atoms with van der Waals surface area (Å²) in [7, 11) is 0. The fraction of sp³-hybridized carbons (Fsp3) is 1.00. The Morgan fingerprint density at radius 3 is 1.95 bits per heavy atom. The second-order valence-corrected chi connectivity index (χ2v) is 5.99. The van der Waals surface area contributed by atoms with E-state index in [9.17, 15) is 0 Å². The molecule has 0 radical (unpaired) electrons. The molecule has 0 unspecified atom stereocenters. The molecule has 2 N–H and O–H groups in total. The van der Waals surface area contributed by atoms with Crippen molar-refractivity contribution >= 4 is 24.8 Å². The van der Waals surface area contributed by atoms with Gasteiger partial charge in [-0.2, -0.15) is 0 Å². The summed E-state index contributed by atoms with van der Waals surface area (Å²) in [4.78, 5) is 2.66. The molecule has 0 spiro atoms. The maximum absolute atomic E-state index is 5.96. The van der Waals surface area contributed by atoms with Crippen molar-refractivity contribution in [3.8, 4) is 0 Å². The molecule has 1 saturated heterocycles. The van der Waals surface area contributed by atoms with Crippen LogP contribution in [0.1, 0.15) is 52.4 Å². The predicted molar refractivity (Wildman–Crippen MR) is 85.5 cm³/mol. The molecule has 0 aromatic rings. The molecule has 116 valence electrons. The Balaban J connectivity index is 0.00000162. The number of piperidine rings is 1. The first kappa shape index (κ1) is 19.5. The first-order valence-corrected chi connectivity index (χ1v) is 7.30. The number of nitrogens with zero attached hydrogens (tertiary/aromatic N) is 1. The van der Waals surface area contributed by atoms with Crippen LogP contribution in [0, 0.1) is 0 Å². The number of halogens is 2. The molecule has 0 aromatic carbocycles. The van der Waals surface area contributed by atoms with E-state index in [4.69, 9.17) is 10.5 Å². The molecular weight excluding hydrogens is 283 g/mol. The van der Waals surface area contributed by atoms with Crippen LogP contribution >= 0.6 is 24.8 Å². The summed E-state index contributed by atoms with van der Waals surface area (Å²) >= 11 is 0. The molecule has 0 amide bonds. The van der Waals surface area contributed by atoms with Gasteiger partial charge in [-0.15, -0.1) is 24.8 Å². The van der Waals surface area contributed by atoms with Gasteiger partial charge in [-0.3, -0.25) is 0 Å². The Bertz CT molecular complexity index is 225. The van der Waals surface area contributed by atoms with E-state index in [0.29, 0.717) is 18.2 Å². The van der Waals surface area contributed by atoms with Crippen LogP contribution in [0.15, 0.2) is 0 Å². The fourth-order valence-electron chi connectivity index (χ4n) is 3.22. The van der Waals surface area contributed by atoms with Crippen molar-refractivity contribution in [1.29, 1.82) is 0 Å². The summed E-state index contributed by atoms with van der Waals surface area (Å²) in [6, 6.07) is 1.25. The van der Waals surface area contributed by atoms with Crippen molar-refractivity contribution in [2.24, 2.45) is 5.73 Å². The Morgan fingerprint density at radius 2 is 1.47 bits per heavy atom. The normalized spacial score (nSPS) is 29.7. The van der Waals surface area contributed by atoms with Gasteiger partial charge in [-0.25, -0.2) is 0 Å². The lowest BCUT2D eigenvalue weighted by Crippen LogP contribution is -2.46. The summed E-state index contributed by atoms with van der Waals surface area (Å²) in [6.07, 6.45) is 8.36. The van der Waals surface area contributed by atoms with Gasteiger partial charge in [-0.05, 0) is 65.5 Å². The first-order chi connectivity index (χ1) is 8.15. The van der Waals surface area contributed by atoms with Crippen LogP contribution in [-0.2, 0) is 4.74 Å². The van der Waals surface area contributed by atoms with Gasteiger partial charge in [0.1, 0.15) is 0 Å². The number of likely N-dealkylation sites (tertiary alicyclic amines) is 1. The van der Waals surface area contributed by atoms with E-state index in [0.717, 1.165) is 6.04 Å². The quantitative estimate of drug-likeness (QED) is 0.870. The molecule has 1 saturated carbocycles. The second kappa shape index (κ2) is 9.41. The molecule has 1 heterocycles. The number of rotatable bonds is 3. The lowest BCUT2D eigenvalue weighted by atomic mass is 9.90. The standard InChI is InChI=1S/C14H28N2O.2ClH/c1-11(2)17-14-5-3-13(4-6-14)16-9-7-12(15)8-10-16;;/h11-14H,3-10,15H2,1-2H3;2*1H/t13-,14-;;. The Hall–Kier alpha value is 0.460. The predicted octanol–water partition coefficient (Wildman–Crippen LogP) is 2.99. The molecule has 0 atom stereocenters. The van der Waals surface area contributed by atoms with Crippen LogP contribution in [0.2, 0.25) is 0 Å². The van der Waals surface area contributed by atoms with Crippen molar-refractivity contribution in [1.82, 2.24) is 4.90 Å². The monoisotopic (exact) mass is 312 g/mol. The van der Waals surface area contributed by atoms with Crippen LogP contribution in [-0.4, -0.2) is 42.3 Å². The van der Waals surface area contributed by atoms with Crippen molar-refractivity contribution in [2.45, 2.75) is 76.7 Å². The highest BCUT2D eigenvalue weighted by Crippen LogP contribution is 2.27. The fourth-order valence-corrected chi connectivity index (χ4v) is 3.22. The molecule has 2 fully saturated rings. The molecule has 3 nitrogen and oxygen atoms in total. The molecular formula is C14H30Cl2N2O. The molecule has 1 aliphatic carbocycles. The van der Waals surface area contributed by atoms with E-state index < -0.39 is 0 Å². The molecule has 2 aliphatic rings. The van der Waals surface area contributed by atoms with E-state index in [1.54, 1.807) is 0 Å². The van der Waals surface area contributed by atoms with Gasteiger partial charge in [-0.1, -0.05) is 0 Å². The summed E-state index contributed by atoms with van der Waals surface area (Å²) in [5.74, 6) is 0. The molecule has 0 aromatic heterocycles. The van der Waals surface area contributed by atoms with Gasteiger partial charge in [0.15, 0.2) is 0 Å². The third kappa shape index (κ3) is 6.17. The van der Waals surface area contributed by atoms with Crippen LogP contribution < -0.4 is 5.73 Å². The van der Waals surface area contributed by atoms with Crippen LogP contribution in [0.3, 0.4) is 0 Å². The summed E-state index contributed by atoms with van der Waals surface area (Å²) < 4.78 is 5.91. The van der Waals surface area contributed by atoms with Crippen LogP contribution in [0.5, 0.6) is 0 Å². The van der Waals surface area contributed by atoms with E-state index in [1.165, 1.54) is 51.6 Å². The Labute approximate surface area is 130 Å². The Kier molecular flexibility index (Phi) is 9.63. The lowest BCUT2D eigenvalue weighted by molar-refractivity contribution is -0.0281. The molecule has 1 aliphatic heterocycles. The topological polar surface area (TPSA) is 38.5 Å². The highest BCUT2D eigenvalue weighted by atomic mass is 35.5. The minimum absolute atomic E-state index is 0. The third-order valence-electron chi connectivity index (χ3n) is 4.20. The van der Waals surface area contributed by atoms with Gasteiger partial charge >= 0.3 is 0 Å². The summed E-state index contributed by atoms with van der Waals surface area (Å²) in [5, 5.41) is 0. The minimum Gasteiger partial charge on any atom is -0.376 e. The average molecular weight is 313 g/mol. The number of ether oxygens (including phenoxy) is 1. The van der Waals surface area contributed by atoms with Gasteiger partial charge in [0.2, 0.25) is 0 Å². The second-order valence-electron chi connectivity index (χ2n) is 5.99. The van der Waals surface area contributed by atoms with E-state index in [1.807, 2.05) is 0 Å². The number of hydrogen-bond donors (Lipinski definition) is 1. The first-order valence-electron chi connectivity index (χ1n) is 7.30. The molecule has 19 heavy (non-hydrogen) atoms. The largest absolute Gasteiger partial charge is 0.376 e. The number of hydrogen-bond acceptors (Lipinski definition) is 3. The SMILES string of the molecule is CC(C)O[C@H]1CC[C@H](N2CCC(N)CC2)CC1.Cl.Cl. The maximum Gasteiger partial charge on any atom is 0.0579 e.